The number of amides is 1. The molecular formula is C35H36F5N9O3. The molecule has 1 amide bonds. The van der Waals surface area contributed by atoms with E-state index in [0.29, 0.717) is 38.2 Å². The van der Waals surface area contributed by atoms with Gasteiger partial charge in [-0.15, -0.1) is 0 Å². The van der Waals surface area contributed by atoms with E-state index in [0.717, 1.165) is 58.1 Å². The quantitative estimate of drug-likeness (QED) is 0.228. The Morgan fingerprint density at radius 1 is 1.10 bits per heavy atom. The number of hydrogen-bond acceptors (Lipinski definition) is 8. The minimum Gasteiger partial charge on any atom is -0.475 e. The van der Waals surface area contributed by atoms with Crippen molar-refractivity contribution in [1.29, 1.82) is 5.26 Å². The average molecular weight is 726 g/mol. The summed E-state index contributed by atoms with van der Waals surface area (Å²) in [4.78, 5) is 29.9. The monoisotopic (exact) mass is 725 g/mol. The second kappa shape index (κ2) is 12.5. The number of nitriles is 1. The topological polar surface area (TPSA) is 154 Å². The molecule has 3 N–H and O–H groups in total. The lowest BCUT2D eigenvalue weighted by molar-refractivity contribution is -0.192. The second-order valence-corrected chi connectivity index (χ2v) is 14.0. The Labute approximate surface area is 294 Å². The van der Waals surface area contributed by atoms with Gasteiger partial charge in [-0.2, -0.15) is 28.6 Å². The number of nitrogens with zero attached hydrogens (tertiary/aromatic N) is 7. The normalized spacial score (nSPS) is 22.7. The van der Waals surface area contributed by atoms with Crippen LogP contribution in [0, 0.1) is 16.7 Å². The van der Waals surface area contributed by atoms with E-state index < -0.39 is 47.4 Å². The first-order valence-electron chi connectivity index (χ1n) is 16.9. The number of nitrogens with one attached hydrogen (secondary N) is 2. The number of alkyl halides is 5. The minimum atomic E-state index is -5.08. The van der Waals surface area contributed by atoms with Crippen LogP contribution in [-0.4, -0.2) is 74.3 Å². The number of carbonyl (C=O) groups is 2. The van der Waals surface area contributed by atoms with Crippen molar-refractivity contribution in [2.45, 2.75) is 74.5 Å². The number of hydrogen-bond donors (Lipinski definition) is 3. The molecule has 4 aromatic rings. The number of rotatable bonds is 6. The fourth-order valence-corrected chi connectivity index (χ4v) is 9.14. The minimum absolute atomic E-state index is 0.0713. The van der Waals surface area contributed by atoms with E-state index in [4.69, 9.17) is 14.9 Å². The van der Waals surface area contributed by atoms with Crippen molar-refractivity contribution in [2.24, 2.45) is 12.5 Å². The summed E-state index contributed by atoms with van der Waals surface area (Å²) in [6.45, 7) is 0.914. The summed E-state index contributed by atoms with van der Waals surface area (Å²) in [5, 5.41) is 34.6. The zero-order valence-corrected chi connectivity index (χ0v) is 28.3. The molecule has 4 aliphatic rings. The van der Waals surface area contributed by atoms with Crippen LogP contribution in [0.15, 0.2) is 43.0 Å². The predicted octanol–water partition coefficient (Wildman–Crippen LogP) is 5.20. The molecule has 52 heavy (non-hydrogen) atoms. The van der Waals surface area contributed by atoms with Gasteiger partial charge in [0.1, 0.15) is 12.4 Å². The fourth-order valence-electron chi connectivity index (χ4n) is 9.14. The maximum atomic E-state index is 14.3. The Balaban J connectivity index is 0.000000548. The van der Waals surface area contributed by atoms with E-state index in [9.17, 15) is 32.0 Å². The Morgan fingerprint density at radius 3 is 2.42 bits per heavy atom. The zero-order valence-electron chi connectivity index (χ0n) is 28.3. The molecule has 3 aromatic heterocycles. The molecule has 2 atom stereocenters. The lowest BCUT2D eigenvalue weighted by atomic mass is 9.44. The van der Waals surface area contributed by atoms with E-state index in [-0.39, 0.29) is 5.91 Å². The largest absolute Gasteiger partial charge is 0.490 e. The second-order valence-electron chi connectivity index (χ2n) is 14.0. The first-order chi connectivity index (χ1) is 24.7. The number of piperidine rings is 1. The lowest BCUT2D eigenvalue weighted by Crippen LogP contribution is -2.55. The van der Waals surface area contributed by atoms with Gasteiger partial charge in [0.25, 0.3) is 6.43 Å². The lowest BCUT2D eigenvalue weighted by Gasteiger charge is -2.57. The van der Waals surface area contributed by atoms with Crippen molar-refractivity contribution >= 4 is 34.3 Å². The van der Waals surface area contributed by atoms with Gasteiger partial charge in [-0.1, -0.05) is 12.5 Å². The van der Waals surface area contributed by atoms with Crippen molar-refractivity contribution in [1.82, 2.24) is 29.9 Å². The van der Waals surface area contributed by atoms with Crippen molar-refractivity contribution in [3.05, 3.63) is 65.2 Å². The summed E-state index contributed by atoms with van der Waals surface area (Å²) < 4.78 is 61.9. The summed E-state index contributed by atoms with van der Waals surface area (Å²) in [6.07, 6.45) is 3.54. The van der Waals surface area contributed by atoms with Gasteiger partial charge in [0.15, 0.2) is 0 Å². The van der Waals surface area contributed by atoms with Crippen LogP contribution >= 0.6 is 0 Å². The highest BCUT2D eigenvalue weighted by molar-refractivity contribution is 6.09. The summed E-state index contributed by atoms with van der Waals surface area (Å²) >= 11 is 0. The number of fused-ring (bicyclic) bond motifs is 5. The molecule has 274 valence electrons. The Bertz CT molecular complexity index is 2090. The molecule has 1 saturated carbocycles. The third kappa shape index (κ3) is 5.13. The third-order valence-electron chi connectivity index (χ3n) is 11.5. The first-order valence-corrected chi connectivity index (χ1v) is 16.9. The van der Waals surface area contributed by atoms with Gasteiger partial charge in [-0.3, -0.25) is 14.2 Å². The van der Waals surface area contributed by atoms with Crippen LogP contribution in [0.1, 0.15) is 66.8 Å². The van der Waals surface area contributed by atoms with E-state index in [1.165, 1.54) is 4.68 Å². The Morgan fingerprint density at radius 2 is 1.81 bits per heavy atom. The third-order valence-corrected chi connectivity index (χ3v) is 11.5. The Kier molecular flexibility index (Phi) is 8.51. The number of aromatic nitrogens is 5. The van der Waals surface area contributed by atoms with Crippen LogP contribution in [0.5, 0.6) is 0 Å². The summed E-state index contributed by atoms with van der Waals surface area (Å²) in [6, 6.07) is 8.44. The van der Waals surface area contributed by atoms with Crippen LogP contribution in [0.3, 0.4) is 0 Å². The van der Waals surface area contributed by atoms with Crippen LogP contribution in [0.4, 0.5) is 33.5 Å². The molecule has 2 unspecified atom stereocenters. The van der Waals surface area contributed by atoms with Gasteiger partial charge in [0.2, 0.25) is 5.91 Å². The van der Waals surface area contributed by atoms with Gasteiger partial charge in [0, 0.05) is 48.8 Å². The van der Waals surface area contributed by atoms with Crippen molar-refractivity contribution in [3.63, 3.8) is 0 Å². The van der Waals surface area contributed by atoms with E-state index in [1.54, 1.807) is 23.5 Å². The molecule has 17 heteroatoms. The van der Waals surface area contributed by atoms with E-state index in [2.05, 4.69) is 45.1 Å². The van der Waals surface area contributed by atoms with Gasteiger partial charge in [-0.25, -0.2) is 18.6 Å². The van der Waals surface area contributed by atoms with Gasteiger partial charge < -0.3 is 20.6 Å². The molecule has 12 nitrogen and oxygen atoms in total. The highest BCUT2D eigenvalue weighted by Gasteiger charge is 2.67. The molecule has 0 radical (unpaired) electrons. The maximum absolute atomic E-state index is 14.3. The predicted molar refractivity (Wildman–Crippen MR) is 178 cm³/mol. The average Bonchev–Trinajstić information content (AvgIpc) is 3.84. The molecule has 0 bridgehead atoms. The summed E-state index contributed by atoms with van der Waals surface area (Å²) in [5.41, 5.74) is 3.37. The first kappa shape index (κ1) is 35.3. The number of carboxylic acid groups (broad SMARTS) is 1. The maximum Gasteiger partial charge on any atom is 0.490 e. The number of benzene rings is 1. The van der Waals surface area contributed by atoms with Gasteiger partial charge in [0.05, 0.1) is 52.7 Å². The van der Waals surface area contributed by atoms with Crippen LogP contribution < -0.4 is 15.5 Å². The van der Waals surface area contributed by atoms with Gasteiger partial charge in [-0.05, 0) is 61.9 Å². The van der Waals surface area contributed by atoms with Gasteiger partial charge >= 0.3 is 12.1 Å². The number of anilines is 2. The number of carbonyl (C=O) groups excluding carboxylic acids is 1. The number of aryl methyl sites for hydroxylation is 1. The molecular weight excluding hydrogens is 689 g/mol. The fraction of sp³-hybridized carbons (Fsp3) is 0.486. The summed E-state index contributed by atoms with van der Waals surface area (Å²) in [7, 11) is 3.74. The van der Waals surface area contributed by atoms with Crippen LogP contribution in [-0.2, 0) is 34.0 Å². The Hall–Kier alpha value is -5.11. The molecule has 2 fully saturated rings. The molecule has 1 aliphatic carbocycles. The SMILES string of the molecule is CN1C(=O)C2(CCNCC2)c2c1cnc1c2C(c2ccc3c(cnn3C)c2)(C2(CC#N)CCC2)C(c2cnn(CC(F)F)c2)N1.O=C(O)C(F)(F)F. The highest BCUT2D eigenvalue weighted by Crippen LogP contribution is 2.71. The number of likely N-dealkylation sites (N-methyl/N-ethyl adjacent to an activating group) is 1. The van der Waals surface area contributed by atoms with Crippen LogP contribution in [0.25, 0.3) is 10.9 Å². The number of halogens is 5. The molecule has 1 spiro atoms. The molecule has 1 saturated heterocycles. The van der Waals surface area contributed by atoms with E-state index in [1.807, 2.05) is 25.0 Å². The van der Waals surface area contributed by atoms with Crippen molar-refractivity contribution in [3.8, 4) is 6.07 Å². The summed E-state index contributed by atoms with van der Waals surface area (Å²) in [5.74, 6) is -2.01. The number of carboxylic acids is 1. The smallest absolute Gasteiger partial charge is 0.475 e. The highest BCUT2D eigenvalue weighted by atomic mass is 19.4. The molecule has 1 aromatic carbocycles. The van der Waals surface area contributed by atoms with Crippen molar-refractivity contribution < 1.29 is 36.6 Å². The molecule has 8 rings (SSSR count). The van der Waals surface area contributed by atoms with Crippen molar-refractivity contribution in [2.75, 3.05) is 30.4 Å². The molecule has 3 aliphatic heterocycles. The standard InChI is InChI=1S/C33H35F2N9O.C2HF3O2/c1-42-24-17-38-29-27(26(24)32(30(42)45)9-12-37-13-10-32)33(31(8-11-36)6-3-7-31,22-4-5-23-20(14-22)15-39-43(23)2)28(41-29)21-16-40-44(18-21)19-25(34)35;3-2(4,5)1(6)7/h4-5,14-18,25,28,37H,3,6-10,12-13,19H2,1-2H3,(H,38,41);(H,6,7). The number of pyridine rings is 1. The zero-order chi connectivity index (χ0) is 37.2. The van der Waals surface area contributed by atoms with E-state index >= 15 is 0 Å². The van der Waals surface area contributed by atoms with Crippen LogP contribution in [0.2, 0.25) is 0 Å². The number of aliphatic carboxylic acids is 1. The molecule has 6 heterocycles.